The monoisotopic (exact) mass is 332 g/mol. The van der Waals surface area contributed by atoms with Crippen LogP contribution in [0.1, 0.15) is 11.1 Å². The van der Waals surface area contributed by atoms with Gasteiger partial charge in [-0.15, -0.1) is 0 Å². The summed E-state index contributed by atoms with van der Waals surface area (Å²) in [6, 6.07) is 13.7. The Balaban J connectivity index is 1.94. The Kier molecular flexibility index (Phi) is 4.79. The Hall–Kier alpha value is -1.81. The number of halogens is 1. The highest BCUT2D eigenvalue weighted by Gasteiger charge is 2.05. The van der Waals surface area contributed by atoms with Gasteiger partial charge in [-0.3, -0.25) is 4.79 Å². The summed E-state index contributed by atoms with van der Waals surface area (Å²) in [6.45, 7) is 4.25. The molecule has 0 bridgehead atoms. The van der Waals surface area contributed by atoms with Gasteiger partial charge in [0.15, 0.2) is 0 Å². The maximum absolute atomic E-state index is 11.9. The minimum Gasteiger partial charge on any atom is -0.375 e. The molecule has 2 rings (SSSR count). The number of amides is 1. The van der Waals surface area contributed by atoms with Crippen LogP contribution >= 0.6 is 15.9 Å². The molecule has 0 aromatic heterocycles. The molecule has 104 valence electrons. The quantitative estimate of drug-likeness (QED) is 0.884. The number of benzene rings is 2. The van der Waals surface area contributed by atoms with Crippen LogP contribution in [0, 0.1) is 13.8 Å². The third-order valence-corrected chi connectivity index (χ3v) is 3.99. The maximum Gasteiger partial charge on any atom is 0.243 e. The topological polar surface area (TPSA) is 41.1 Å². The molecule has 0 atom stereocenters. The molecule has 4 heteroatoms. The molecule has 0 fully saturated rings. The van der Waals surface area contributed by atoms with Gasteiger partial charge in [-0.05, 0) is 59.1 Å². The standard InChI is InChI=1S/C16H17BrN2O/c1-11-5-3-7-13(9-11)19-15(20)10-18-14-8-4-6-12(2)16(14)17/h3-9,18H,10H2,1-2H3,(H,19,20). The van der Waals surface area contributed by atoms with E-state index in [0.29, 0.717) is 0 Å². The molecule has 0 aliphatic rings. The van der Waals surface area contributed by atoms with Crippen molar-refractivity contribution in [1.82, 2.24) is 0 Å². The average molecular weight is 333 g/mol. The second-order valence-electron chi connectivity index (χ2n) is 4.71. The third kappa shape index (κ3) is 3.84. The second kappa shape index (κ2) is 6.57. The first kappa shape index (κ1) is 14.6. The van der Waals surface area contributed by atoms with Gasteiger partial charge in [0.25, 0.3) is 0 Å². The zero-order chi connectivity index (χ0) is 14.5. The van der Waals surface area contributed by atoms with Crippen molar-refractivity contribution in [3.05, 3.63) is 58.1 Å². The zero-order valence-electron chi connectivity index (χ0n) is 11.5. The van der Waals surface area contributed by atoms with Crippen LogP contribution in [0.2, 0.25) is 0 Å². The number of carbonyl (C=O) groups excluding carboxylic acids is 1. The highest BCUT2D eigenvalue weighted by molar-refractivity contribution is 9.10. The Bertz CT molecular complexity index is 626. The largest absolute Gasteiger partial charge is 0.375 e. The van der Waals surface area contributed by atoms with E-state index in [1.165, 1.54) is 0 Å². The summed E-state index contributed by atoms with van der Waals surface area (Å²) in [5.41, 5.74) is 4.00. The van der Waals surface area contributed by atoms with Crippen LogP contribution in [0.15, 0.2) is 46.9 Å². The van der Waals surface area contributed by atoms with Gasteiger partial charge in [-0.25, -0.2) is 0 Å². The van der Waals surface area contributed by atoms with Crippen LogP contribution in [0.3, 0.4) is 0 Å². The molecule has 1 amide bonds. The van der Waals surface area contributed by atoms with E-state index in [1.807, 2.05) is 56.3 Å². The molecular formula is C16H17BrN2O. The molecule has 3 nitrogen and oxygen atoms in total. The highest BCUT2D eigenvalue weighted by atomic mass is 79.9. The van der Waals surface area contributed by atoms with Gasteiger partial charge in [0.05, 0.1) is 6.54 Å². The summed E-state index contributed by atoms with van der Waals surface area (Å²) < 4.78 is 0.989. The van der Waals surface area contributed by atoms with Crippen molar-refractivity contribution in [2.75, 3.05) is 17.2 Å². The van der Waals surface area contributed by atoms with Crippen LogP contribution in [0.25, 0.3) is 0 Å². The van der Waals surface area contributed by atoms with Crippen LogP contribution in [0.5, 0.6) is 0 Å². The van der Waals surface area contributed by atoms with E-state index in [9.17, 15) is 4.79 Å². The van der Waals surface area contributed by atoms with Gasteiger partial charge in [0.1, 0.15) is 0 Å². The number of hydrogen-bond acceptors (Lipinski definition) is 2. The van der Waals surface area contributed by atoms with Gasteiger partial charge in [0, 0.05) is 15.8 Å². The van der Waals surface area contributed by atoms with E-state index in [0.717, 1.165) is 27.0 Å². The van der Waals surface area contributed by atoms with E-state index in [1.54, 1.807) is 0 Å². The second-order valence-corrected chi connectivity index (χ2v) is 5.50. The number of nitrogens with one attached hydrogen (secondary N) is 2. The minimum absolute atomic E-state index is 0.0657. The third-order valence-electron chi connectivity index (χ3n) is 2.93. The number of aryl methyl sites for hydroxylation is 2. The van der Waals surface area contributed by atoms with Crippen molar-refractivity contribution in [3.8, 4) is 0 Å². The SMILES string of the molecule is Cc1cccc(NC(=O)CNc2cccc(C)c2Br)c1. The van der Waals surface area contributed by atoms with Crippen molar-refractivity contribution >= 4 is 33.2 Å². The molecule has 0 heterocycles. The van der Waals surface area contributed by atoms with Crippen molar-refractivity contribution in [2.24, 2.45) is 0 Å². The Morgan fingerprint density at radius 3 is 2.65 bits per heavy atom. The molecule has 2 aromatic carbocycles. The lowest BCUT2D eigenvalue weighted by Gasteiger charge is -2.11. The minimum atomic E-state index is -0.0657. The lowest BCUT2D eigenvalue weighted by Crippen LogP contribution is -2.21. The van der Waals surface area contributed by atoms with Crippen LogP contribution in [-0.4, -0.2) is 12.5 Å². The molecule has 20 heavy (non-hydrogen) atoms. The van der Waals surface area contributed by atoms with Crippen LogP contribution in [0.4, 0.5) is 11.4 Å². The predicted octanol–water partition coefficient (Wildman–Crippen LogP) is 4.12. The average Bonchev–Trinajstić information content (AvgIpc) is 2.40. The summed E-state index contributed by atoms with van der Waals surface area (Å²) >= 11 is 3.51. The molecule has 0 spiro atoms. The molecule has 0 saturated heterocycles. The molecule has 0 radical (unpaired) electrons. The highest BCUT2D eigenvalue weighted by Crippen LogP contribution is 2.25. The first-order valence-corrected chi connectivity index (χ1v) is 7.21. The zero-order valence-corrected chi connectivity index (χ0v) is 13.1. The van der Waals surface area contributed by atoms with Gasteiger partial charge in [-0.1, -0.05) is 24.3 Å². The molecule has 2 N–H and O–H groups in total. The summed E-state index contributed by atoms with van der Waals surface area (Å²) in [4.78, 5) is 11.9. The number of hydrogen-bond donors (Lipinski definition) is 2. The molecule has 0 aliphatic heterocycles. The molecular weight excluding hydrogens is 316 g/mol. The normalized spacial score (nSPS) is 10.2. The van der Waals surface area contributed by atoms with Gasteiger partial charge in [-0.2, -0.15) is 0 Å². The maximum atomic E-state index is 11.9. The Morgan fingerprint density at radius 1 is 1.15 bits per heavy atom. The first-order valence-electron chi connectivity index (χ1n) is 6.42. The van der Waals surface area contributed by atoms with E-state index < -0.39 is 0 Å². The molecule has 2 aromatic rings. The van der Waals surface area contributed by atoms with E-state index in [4.69, 9.17) is 0 Å². The van der Waals surface area contributed by atoms with Crippen LogP contribution in [-0.2, 0) is 4.79 Å². The van der Waals surface area contributed by atoms with Crippen LogP contribution < -0.4 is 10.6 Å². The van der Waals surface area contributed by atoms with Crippen molar-refractivity contribution in [3.63, 3.8) is 0 Å². The lowest BCUT2D eigenvalue weighted by molar-refractivity contribution is -0.114. The van der Waals surface area contributed by atoms with Gasteiger partial charge in [0.2, 0.25) is 5.91 Å². The fraction of sp³-hybridized carbons (Fsp3) is 0.188. The smallest absolute Gasteiger partial charge is 0.243 e. The summed E-state index contributed by atoms with van der Waals surface area (Å²) in [7, 11) is 0. The summed E-state index contributed by atoms with van der Waals surface area (Å²) in [5, 5.41) is 6.00. The fourth-order valence-corrected chi connectivity index (χ4v) is 2.29. The molecule has 0 aliphatic carbocycles. The van der Waals surface area contributed by atoms with E-state index >= 15 is 0 Å². The number of carbonyl (C=O) groups is 1. The lowest BCUT2D eigenvalue weighted by atomic mass is 10.2. The van der Waals surface area contributed by atoms with E-state index in [2.05, 4.69) is 26.6 Å². The molecule has 0 unspecified atom stereocenters. The fourth-order valence-electron chi connectivity index (χ4n) is 1.89. The summed E-state index contributed by atoms with van der Waals surface area (Å²) in [6.07, 6.45) is 0. The molecule has 0 saturated carbocycles. The van der Waals surface area contributed by atoms with Crippen molar-refractivity contribution < 1.29 is 4.79 Å². The van der Waals surface area contributed by atoms with Crippen molar-refractivity contribution in [1.29, 1.82) is 0 Å². The number of anilines is 2. The number of rotatable bonds is 4. The van der Waals surface area contributed by atoms with Crippen molar-refractivity contribution in [2.45, 2.75) is 13.8 Å². The van der Waals surface area contributed by atoms with Gasteiger partial charge >= 0.3 is 0 Å². The first-order chi connectivity index (χ1) is 9.56. The Morgan fingerprint density at radius 2 is 1.90 bits per heavy atom. The summed E-state index contributed by atoms with van der Waals surface area (Å²) in [5.74, 6) is -0.0657. The Labute approximate surface area is 127 Å². The van der Waals surface area contributed by atoms with E-state index in [-0.39, 0.29) is 12.5 Å². The van der Waals surface area contributed by atoms with Gasteiger partial charge < -0.3 is 10.6 Å². The predicted molar refractivity (Wildman–Crippen MR) is 87.2 cm³/mol.